The molecule has 1 rings (SSSR count). The average molecular weight is 303 g/mol. The van der Waals surface area contributed by atoms with E-state index in [0.717, 1.165) is 19.4 Å². The predicted molar refractivity (Wildman–Crippen MR) is 80.0 cm³/mol. The molecule has 1 heterocycles. The zero-order chi connectivity index (χ0) is 15.0. The summed E-state index contributed by atoms with van der Waals surface area (Å²) in [6.07, 6.45) is 8.60. The van der Waals surface area contributed by atoms with Crippen molar-refractivity contribution in [2.45, 2.75) is 53.1 Å². The van der Waals surface area contributed by atoms with E-state index in [1.165, 1.54) is 0 Å². The Morgan fingerprint density at radius 1 is 1.25 bits per heavy atom. The predicted octanol–water partition coefficient (Wildman–Crippen LogP) is 3.40. The molecular weight excluding hydrogens is 275 g/mol. The van der Waals surface area contributed by atoms with Crippen molar-refractivity contribution in [1.29, 1.82) is 0 Å². The minimum Gasteiger partial charge on any atom is -0.309 e. The molecule has 0 spiro atoms. The fraction of sp³-hybridized carbons (Fsp3) is 0.786. The van der Waals surface area contributed by atoms with Crippen LogP contribution in [0.15, 0.2) is 18.7 Å². The van der Waals surface area contributed by atoms with E-state index in [-0.39, 0.29) is 0 Å². The SMILES string of the molecule is CCOP(=O)(CCC[n+]1ccn(C(C)CC)c1)OCC. The van der Waals surface area contributed by atoms with Gasteiger partial charge in [0.25, 0.3) is 0 Å². The zero-order valence-electron chi connectivity index (χ0n) is 13.1. The number of rotatable bonds is 10. The first kappa shape index (κ1) is 17.4. The van der Waals surface area contributed by atoms with Crippen LogP contribution >= 0.6 is 7.60 Å². The topological polar surface area (TPSA) is 44.3 Å². The first-order chi connectivity index (χ1) is 9.54. The largest absolute Gasteiger partial charge is 0.330 e. The summed E-state index contributed by atoms with van der Waals surface area (Å²) in [6, 6.07) is 0.509. The summed E-state index contributed by atoms with van der Waals surface area (Å²) in [5.74, 6) is 0. The van der Waals surface area contributed by atoms with Crippen LogP contribution in [0.2, 0.25) is 0 Å². The van der Waals surface area contributed by atoms with Crippen molar-refractivity contribution in [1.82, 2.24) is 4.57 Å². The number of aryl methyl sites for hydroxylation is 1. The Morgan fingerprint density at radius 2 is 1.90 bits per heavy atom. The first-order valence-electron chi connectivity index (χ1n) is 7.49. The van der Waals surface area contributed by atoms with Gasteiger partial charge in [-0.25, -0.2) is 9.13 Å². The average Bonchev–Trinajstić information content (AvgIpc) is 2.87. The van der Waals surface area contributed by atoms with Crippen molar-refractivity contribution in [3.63, 3.8) is 0 Å². The van der Waals surface area contributed by atoms with Crippen molar-refractivity contribution in [2.75, 3.05) is 19.4 Å². The molecule has 0 radical (unpaired) electrons. The van der Waals surface area contributed by atoms with E-state index < -0.39 is 7.60 Å². The van der Waals surface area contributed by atoms with Crippen LogP contribution in [0.1, 0.15) is 46.6 Å². The van der Waals surface area contributed by atoms with Crippen LogP contribution in [0.3, 0.4) is 0 Å². The number of hydrogen-bond donors (Lipinski definition) is 0. The van der Waals surface area contributed by atoms with E-state index in [1.54, 1.807) is 0 Å². The van der Waals surface area contributed by atoms with Gasteiger partial charge in [0.05, 0.1) is 32.0 Å². The Balaban J connectivity index is 2.46. The van der Waals surface area contributed by atoms with E-state index in [4.69, 9.17) is 9.05 Å². The quantitative estimate of drug-likeness (QED) is 0.491. The van der Waals surface area contributed by atoms with E-state index in [0.29, 0.717) is 25.4 Å². The normalized spacial score (nSPS) is 13.6. The van der Waals surface area contributed by atoms with Crippen LogP contribution in [0.4, 0.5) is 0 Å². The number of hydrogen-bond acceptors (Lipinski definition) is 3. The molecule has 116 valence electrons. The molecule has 1 aromatic rings. The second kappa shape index (κ2) is 8.60. The van der Waals surface area contributed by atoms with Gasteiger partial charge in [-0.15, -0.1) is 0 Å². The summed E-state index contributed by atoms with van der Waals surface area (Å²) in [5.41, 5.74) is 0. The summed E-state index contributed by atoms with van der Waals surface area (Å²) < 4.78 is 27.2. The van der Waals surface area contributed by atoms with Gasteiger partial charge in [0.15, 0.2) is 0 Å². The highest BCUT2D eigenvalue weighted by atomic mass is 31.2. The standard InChI is InChI=1S/C14H28N2O3P/c1-5-14(4)16-11-10-15(13-16)9-8-12-20(17,18-6-2)19-7-3/h10-11,13-14H,5-9,12H2,1-4H3/q+1. The molecule has 20 heavy (non-hydrogen) atoms. The second-order valence-electron chi connectivity index (χ2n) is 4.88. The summed E-state index contributed by atoms with van der Waals surface area (Å²) in [7, 11) is -2.89. The van der Waals surface area contributed by atoms with Crippen molar-refractivity contribution in [3.8, 4) is 0 Å². The highest BCUT2D eigenvalue weighted by molar-refractivity contribution is 7.53. The van der Waals surface area contributed by atoms with Gasteiger partial charge in [-0.2, -0.15) is 0 Å². The molecule has 1 atom stereocenters. The lowest BCUT2D eigenvalue weighted by molar-refractivity contribution is -0.696. The van der Waals surface area contributed by atoms with E-state index >= 15 is 0 Å². The monoisotopic (exact) mass is 303 g/mol. The molecule has 5 nitrogen and oxygen atoms in total. The smallest absolute Gasteiger partial charge is 0.309 e. The Labute approximate surface area is 122 Å². The maximum Gasteiger partial charge on any atom is 0.330 e. The van der Waals surface area contributed by atoms with Crippen LogP contribution in [0.25, 0.3) is 0 Å². The molecule has 0 amide bonds. The molecule has 6 heteroatoms. The van der Waals surface area contributed by atoms with Gasteiger partial charge < -0.3 is 9.05 Å². The first-order valence-corrected chi connectivity index (χ1v) is 9.22. The molecule has 0 bridgehead atoms. The van der Waals surface area contributed by atoms with Gasteiger partial charge in [0.2, 0.25) is 6.33 Å². The van der Waals surface area contributed by atoms with Crippen LogP contribution in [-0.4, -0.2) is 23.9 Å². The lowest BCUT2D eigenvalue weighted by atomic mass is 10.3. The molecule has 1 aromatic heterocycles. The number of imidazole rings is 1. The molecule has 0 saturated heterocycles. The fourth-order valence-electron chi connectivity index (χ4n) is 2.02. The van der Waals surface area contributed by atoms with E-state index in [9.17, 15) is 4.57 Å². The molecular formula is C14H28N2O3P+. The maximum atomic E-state index is 12.3. The molecule has 0 aromatic carbocycles. The lowest BCUT2D eigenvalue weighted by Gasteiger charge is -2.16. The summed E-state index contributed by atoms with van der Waals surface area (Å²) in [4.78, 5) is 0. The maximum absolute atomic E-state index is 12.3. The van der Waals surface area contributed by atoms with Crippen LogP contribution < -0.4 is 4.57 Å². The minimum atomic E-state index is -2.89. The van der Waals surface area contributed by atoms with Crippen molar-refractivity contribution < 1.29 is 18.2 Å². The van der Waals surface area contributed by atoms with Gasteiger partial charge in [-0.05, 0) is 33.6 Å². The van der Waals surface area contributed by atoms with E-state index in [1.807, 2.05) is 13.8 Å². The van der Waals surface area contributed by atoms with Crippen LogP contribution in [-0.2, 0) is 20.2 Å². The van der Waals surface area contributed by atoms with Crippen molar-refractivity contribution in [3.05, 3.63) is 18.7 Å². The molecule has 0 N–H and O–H groups in total. The van der Waals surface area contributed by atoms with Gasteiger partial charge >= 0.3 is 7.60 Å². The fourth-order valence-corrected chi connectivity index (χ4v) is 3.67. The van der Waals surface area contributed by atoms with Crippen LogP contribution in [0, 0.1) is 0 Å². The van der Waals surface area contributed by atoms with Gasteiger partial charge in [0.1, 0.15) is 12.4 Å². The highest BCUT2D eigenvalue weighted by Crippen LogP contribution is 2.48. The lowest BCUT2D eigenvalue weighted by Crippen LogP contribution is -2.31. The molecule has 1 unspecified atom stereocenters. The molecule has 0 aliphatic rings. The molecule has 0 fully saturated rings. The third-order valence-corrected chi connectivity index (χ3v) is 5.48. The summed E-state index contributed by atoms with van der Waals surface area (Å²) in [5, 5.41) is 0. The number of nitrogens with zero attached hydrogens (tertiary/aromatic N) is 2. The molecule has 0 saturated carbocycles. The van der Waals surface area contributed by atoms with Gasteiger partial charge in [0, 0.05) is 0 Å². The summed E-state index contributed by atoms with van der Waals surface area (Å²) in [6.45, 7) is 9.73. The van der Waals surface area contributed by atoms with Gasteiger partial charge in [-0.3, -0.25) is 4.57 Å². The second-order valence-corrected chi connectivity index (χ2v) is 7.06. The minimum absolute atomic E-state index is 0.425. The highest BCUT2D eigenvalue weighted by Gasteiger charge is 2.23. The Hall–Kier alpha value is -0.640. The molecule has 0 aliphatic carbocycles. The van der Waals surface area contributed by atoms with E-state index in [2.05, 4.69) is 41.7 Å². The van der Waals surface area contributed by atoms with Gasteiger partial charge in [-0.1, -0.05) is 6.92 Å². The summed E-state index contributed by atoms with van der Waals surface area (Å²) >= 11 is 0. The third kappa shape index (κ3) is 5.39. The third-order valence-electron chi connectivity index (χ3n) is 3.31. The Bertz CT molecular complexity index is 424. The van der Waals surface area contributed by atoms with Crippen molar-refractivity contribution >= 4 is 7.60 Å². The van der Waals surface area contributed by atoms with Crippen molar-refractivity contribution in [2.24, 2.45) is 0 Å². The van der Waals surface area contributed by atoms with Crippen LogP contribution in [0.5, 0.6) is 0 Å². The number of aromatic nitrogens is 2. The molecule has 0 aliphatic heterocycles. The Morgan fingerprint density at radius 3 is 2.45 bits per heavy atom. The zero-order valence-corrected chi connectivity index (χ0v) is 14.0. The Kier molecular flexibility index (Phi) is 7.49.